The molecule has 0 atom stereocenters. The first kappa shape index (κ1) is 20.8. The van der Waals surface area contributed by atoms with Gasteiger partial charge in [0.25, 0.3) is 0 Å². The summed E-state index contributed by atoms with van der Waals surface area (Å²) in [6, 6.07) is 20.2. The molecule has 158 valence electrons. The summed E-state index contributed by atoms with van der Waals surface area (Å²) in [7, 11) is 2.94. The van der Waals surface area contributed by atoms with Crippen molar-refractivity contribution in [3.8, 4) is 28.9 Å². The number of nitriles is 1. The zero-order valence-electron chi connectivity index (χ0n) is 17.5. The van der Waals surface area contributed by atoms with Crippen LogP contribution < -0.4 is 9.47 Å². The molecular weight excluding hydrogens is 406 g/mol. The van der Waals surface area contributed by atoms with Gasteiger partial charge in [-0.2, -0.15) is 5.26 Å². The third-order valence-corrected chi connectivity index (χ3v) is 5.07. The molecule has 0 amide bonds. The molecule has 0 radical (unpaired) electrons. The molecule has 0 aliphatic carbocycles. The van der Waals surface area contributed by atoms with Gasteiger partial charge in [-0.3, -0.25) is 0 Å². The van der Waals surface area contributed by atoms with Gasteiger partial charge < -0.3 is 19.0 Å². The van der Waals surface area contributed by atoms with Gasteiger partial charge >= 0.3 is 5.97 Å². The first-order valence-corrected chi connectivity index (χ1v) is 9.74. The number of ether oxygens (including phenoxy) is 2. The molecule has 0 saturated heterocycles. The zero-order chi connectivity index (χ0) is 22.7. The minimum absolute atomic E-state index is 0.0696. The third kappa shape index (κ3) is 4.05. The van der Waals surface area contributed by atoms with Crippen LogP contribution in [0.5, 0.6) is 11.5 Å². The average molecular weight is 425 g/mol. The quantitative estimate of drug-likeness (QED) is 0.389. The van der Waals surface area contributed by atoms with Gasteiger partial charge in [-0.1, -0.05) is 36.4 Å². The summed E-state index contributed by atoms with van der Waals surface area (Å²) in [4.78, 5) is 11.7. The minimum atomic E-state index is -1.08. The van der Waals surface area contributed by atoms with Crippen molar-refractivity contribution >= 4 is 29.1 Å². The average Bonchev–Trinajstić information content (AvgIpc) is 3.25. The molecule has 1 aromatic heterocycles. The molecule has 0 fully saturated rings. The van der Waals surface area contributed by atoms with Gasteiger partial charge in [0.05, 0.1) is 25.9 Å². The molecule has 0 saturated carbocycles. The van der Waals surface area contributed by atoms with E-state index in [4.69, 9.17) is 19.2 Å². The van der Waals surface area contributed by atoms with E-state index in [2.05, 4.69) is 6.07 Å². The minimum Gasteiger partial charge on any atom is -0.497 e. The molecule has 1 heterocycles. The number of carboxylic acids is 1. The fourth-order valence-electron chi connectivity index (χ4n) is 3.45. The smallest absolute Gasteiger partial charge is 0.340 e. The Kier molecular flexibility index (Phi) is 5.65. The number of furan rings is 1. The highest BCUT2D eigenvalue weighted by Gasteiger charge is 2.17. The first-order valence-electron chi connectivity index (χ1n) is 9.74. The number of fused-ring (bicyclic) bond motifs is 1. The molecule has 0 bridgehead atoms. The van der Waals surface area contributed by atoms with E-state index >= 15 is 0 Å². The number of aromatic carboxylic acids is 1. The van der Waals surface area contributed by atoms with Crippen LogP contribution >= 0.6 is 0 Å². The molecule has 4 rings (SSSR count). The van der Waals surface area contributed by atoms with Gasteiger partial charge in [0.1, 0.15) is 28.4 Å². The lowest BCUT2D eigenvalue weighted by Crippen LogP contribution is -2.04. The van der Waals surface area contributed by atoms with Crippen LogP contribution in [0.3, 0.4) is 0 Å². The SMILES string of the molecule is COc1cc(C=Cc2ccc(-c3cc4cc(C#N)ccc4o3)cc2)c(C(=O)O)c(OC)c1. The lowest BCUT2D eigenvalue weighted by molar-refractivity contribution is 0.0693. The van der Waals surface area contributed by atoms with Crippen LogP contribution in [-0.4, -0.2) is 25.3 Å². The lowest BCUT2D eigenvalue weighted by Gasteiger charge is -2.11. The Bertz CT molecular complexity index is 1370. The molecule has 0 spiro atoms. The van der Waals surface area contributed by atoms with Crippen LogP contribution in [0.25, 0.3) is 34.4 Å². The van der Waals surface area contributed by atoms with E-state index in [1.54, 1.807) is 36.4 Å². The summed E-state index contributed by atoms with van der Waals surface area (Å²) in [5, 5.41) is 19.5. The summed E-state index contributed by atoms with van der Waals surface area (Å²) < 4.78 is 16.4. The standard InChI is InChI=1S/C26H19NO5/c1-30-21-12-19(25(26(28)29)24(14-21)31-2)9-5-16-3-7-18(8-4-16)23-13-20-11-17(15-27)6-10-22(20)32-23/h3-14H,1-2H3,(H,28,29). The van der Waals surface area contributed by atoms with E-state index in [-0.39, 0.29) is 11.3 Å². The highest BCUT2D eigenvalue weighted by atomic mass is 16.5. The summed E-state index contributed by atoms with van der Waals surface area (Å²) in [5.74, 6) is 0.364. The molecule has 1 N–H and O–H groups in total. The third-order valence-electron chi connectivity index (χ3n) is 5.07. The molecule has 6 heteroatoms. The van der Waals surface area contributed by atoms with Crippen LogP contribution in [0.2, 0.25) is 0 Å². The highest BCUT2D eigenvalue weighted by molar-refractivity contribution is 5.97. The maximum Gasteiger partial charge on any atom is 0.340 e. The maximum absolute atomic E-state index is 11.7. The second kappa shape index (κ2) is 8.70. The molecule has 4 aromatic rings. The van der Waals surface area contributed by atoms with E-state index < -0.39 is 5.97 Å². The summed E-state index contributed by atoms with van der Waals surface area (Å²) in [6.45, 7) is 0. The van der Waals surface area contributed by atoms with Crippen LogP contribution in [0.1, 0.15) is 27.0 Å². The van der Waals surface area contributed by atoms with E-state index in [9.17, 15) is 9.90 Å². The molecule has 3 aromatic carbocycles. The van der Waals surface area contributed by atoms with Gasteiger partial charge in [-0.15, -0.1) is 0 Å². The van der Waals surface area contributed by atoms with E-state index in [1.165, 1.54) is 14.2 Å². The Labute approximate surface area is 184 Å². The van der Waals surface area contributed by atoms with Crippen molar-refractivity contribution in [3.63, 3.8) is 0 Å². The number of rotatable bonds is 6. The predicted octanol–water partition coefficient (Wildman–Crippen LogP) is 5.86. The Balaban J connectivity index is 1.63. The maximum atomic E-state index is 11.7. The van der Waals surface area contributed by atoms with Crippen molar-refractivity contribution in [2.24, 2.45) is 0 Å². The van der Waals surface area contributed by atoms with Gasteiger partial charge in [-0.25, -0.2) is 4.79 Å². The van der Waals surface area contributed by atoms with Gasteiger partial charge in [0.15, 0.2) is 0 Å². The number of carboxylic acid groups (broad SMARTS) is 1. The summed E-state index contributed by atoms with van der Waals surface area (Å²) in [6.07, 6.45) is 3.54. The number of hydrogen-bond donors (Lipinski definition) is 1. The van der Waals surface area contributed by atoms with E-state index in [0.29, 0.717) is 22.6 Å². The number of carbonyl (C=O) groups is 1. The van der Waals surface area contributed by atoms with Crippen LogP contribution in [0.15, 0.2) is 65.1 Å². The molecule has 32 heavy (non-hydrogen) atoms. The van der Waals surface area contributed by atoms with Crippen molar-refractivity contribution in [2.45, 2.75) is 0 Å². The molecule has 0 aliphatic heterocycles. The number of nitrogens with zero attached hydrogens (tertiary/aromatic N) is 1. The Morgan fingerprint density at radius 2 is 1.78 bits per heavy atom. The van der Waals surface area contributed by atoms with Gasteiger partial charge in [0, 0.05) is 17.0 Å². The van der Waals surface area contributed by atoms with Crippen LogP contribution in [0.4, 0.5) is 0 Å². The Morgan fingerprint density at radius 1 is 1.00 bits per heavy atom. The zero-order valence-corrected chi connectivity index (χ0v) is 17.5. The topological polar surface area (TPSA) is 92.7 Å². The second-order valence-corrected chi connectivity index (χ2v) is 7.03. The monoisotopic (exact) mass is 425 g/mol. The second-order valence-electron chi connectivity index (χ2n) is 7.03. The lowest BCUT2D eigenvalue weighted by atomic mass is 10.0. The highest BCUT2D eigenvalue weighted by Crippen LogP contribution is 2.31. The molecule has 0 unspecified atom stereocenters. The summed E-state index contributed by atoms with van der Waals surface area (Å²) >= 11 is 0. The van der Waals surface area contributed by atoms with Crippen LogP contribution in [-0.2, 0) is 0 Å². The fourth-order valence-corrected chi connectivity index (χ4v) is 3.45. The largest absolute Gasteiger partial charge is 0.497 e. The number of methoxy groups -OCH3 is 2. The van der Waals surface area contributed by atoms with Crippen molar-refractivity contribution in [1.29, 1.82) is 5.26 Å². The number of benzene rings is 3. The first-order chi connectivity index (χ1) is 15.5. The molecular formula is C26H19NO5. The van der Waals surface area contributed by atoms with Crippen molar-refractivity contribution in [2.75, 3.05) is 14.2 Å². The normalized spacial score (nSPS) is 10.9. The van der Waals surface area contributed by atoms with E-state index in [0.717, 1.165) is 22.1 Å². The predicted molar refractivity (Wildman–Crippen MR) is 122 cm³/mol. The van der Waals surface area contributed by atoms with Crippen molar-refractivity contribution in [3.05, 3.63) is 82.9 Å². The van der Waals surface area contributed by atoms with Gasteiger partial charge in [-0.05, 0) is 41.5 Å². The molecule has 6 nitrogen and oxygen atoms in total. The Morgan fingerprint density at radius 3 is 2.44 bits per heavy atom. The number of hydrogen-bond acceptors (Lipinski definition) is 5. The fraction of sp³-hybridized carbons (Fsp3) is 0.0769. The summed E-state index contributed by atoms with van der Waals surface area (Å²) in [5.41, 5.74) is 3.63. The van der Waals surface area contributed by atoms with Crippen LogP contribution in [0, 0.1) is 11.3 Å². The Hall–Kier alpha value is -4.50. The van der Waals surface area contributed by atoms with Crippen molar-refractivity contribution in [1.82, 2.24) is 0 Å². The van der Waals surface area contributed by atoms with E-state index in [1.807, 2.05) is 36.4 Å². The van der Waals surface area contributed by atoms with Gasteiger partial charge in [0.2, 0.25) is 0 Å². The van der Waals surface area contributed by atoms with Crippen molar-refractivity contribution < 1.29 is 23.8 Å². The molecule has 0 aliphatic rings.